The van der Waals surface area contributed by atoms with Gasteiger partial charge in [0.15, 0.2) is 9.34 Å². The molecule has 200 valence electrons. The highest BCUT2D eigenvalue weighted by Gasteiger charge is 2.24. The number of sulfonamides is 1. The zero-order valence-electron chi connectivity index (χ0n) is 21.4. The first-order valence-corrected chi connectivity index (χ1v) is 14.8. The predicted octanol–water partition coefficient (Wildman–Crippen LogP) is 4.18. The number of piperazine rings is 1. The normalized spacial score (nSPS) is 15.6. The quantitative estimate of drug-likeness (QED) is 0.334. The molecule has 1 N–H and O–H groups in total. The zero-order chi connectivity index (χ0) is 26.7. The average Bonchev–Trinajstić information content (AvgIpc) is 3.59. The van der Waals surface area contributed by atoms with Gasteiger partial charge in [0, 0.05) is 38.8 Å². The molecule has 8 nitrogen and oxygen atoms in total. The Morgan fingerprint density at radius 1 is 1.03 bits per heavy atom. The highest BCUT2D eigenvalue weighted by Crippen LogP contribution is 2.29. The Hall–Kier alpha value is -3.12. The highest BCUT2D eigenvalue weighted by atomic mass is 32.2. The van der Waals surface area contributed by atoms with Gasteiger partial charge in [0.1, 0.15) is 5.82 Å². The topological polar surface area (TPSA) is 83.4 Å². The third-order valence-electron chi connectivity index (χ3n) is 6.82. The lowest BCUT2D eigenvalue weighted by atomic mass is 10.1. The van der Waals surface area contributed by atoms with Crippen molar-refractivity contribution in [3.63, 3.8) is 0 Å². The summed E-state index contributed by atoms with van der Waals surface area (Å²) in [7, 11) is -1.62. The van der Waals surface area contributed by atoms with Crippen LogP contribution in [0.4, 0.5) is 9.52 Å². The molecular weight excluding hydrogens is 523 g/mol. The Bertz CT molecular complexity index is 1460. The number of hydrogen-bond acceptors (Lipinski definition) is 7. The third-order valence-corrected chi connectivity index (χ3v) is 9.88. The van der Waals surface area contributed by atoms with E-state index < -0.39 is 16.1 Å². The number of benzene rings is 2. The Morgan fingerprint density at radius 2 is 1.74 bits per heavy atom. The van der Waals surface area contributed by atoms with E-state index in [1.165, 1.54) is 29.7 Å². The summed E-state index contributed by atoms with van der Waals surface area (Å²) in [5.41, 5.74) is 3.87. The van der Waals surface area contributed by atoms with Gasteiger partial charge in [-0.25, -0.2) is 27.5 Å². The van der Waals surface area contributed by atoms with Crippen LogP contribution in [0.15, 0.2) is 71.5 Å². The summed E-state index contributed by atoms with van der Waals surface area (Å²) in [6, 6.07) is 13.9. The summed E-state index contributed by atoms with van der Waals surface area (Å²) in [4.78, 5) is 13.1. The molecule has 38 heavy (non-hydrogen) atoms. The van der Waals surface area contributed by atoms with Crippen molar-refractivity contribution < 1.29 is 12.8 Å². The van der Waals surface area contributed by atoms with Gasteiger partial charge >= 0.3 is 0 Å². The molecule has 0 radical (unpaired) electrons. The Morgan fingerprint density at radius 3 is 2.45 bits per heavy atom. The van der Waals surface area contributed by atoms with Crippen LogP contribution in [-0.4, -0.2) is 61.1 Å². The summed E-state index contributed by atoms with van der Waals surface area (Å²) in [5, 5.41) is 0.742. The molecule has 4 aromatic rings. The smallest absolute Gasteiger partial charge is 0.252 e. The number of likely N-dealkylation sites (N-methyl/N-ethyl adjacent to an activating group) is 1. The molecule has 0 saturated carbocycles. The van der Waals surface area contributed by atoms with Crippen molar-refractivity contribution in [2.45, 2.75) is 30.1 Å². The molecule has 0 aliphatic carbocycles. The Kier molecular flexibility index (Phi) is 7.89. The molecular formula is C27H31FN6O2S2. The molecule has 1 saturated heterocycles. The van der Waals surface area contributed by atoms with Gasteiger partial charge in [-0.05, 0) is 49.2 Å². The summed E-state index contributed by atoms with van der Waals surface area (Å²) in [5.74, 6) is -0.240. The minimum absolute atomic E-state index is 0.222. The van der Waals surface area contributed by atoms with Crippen molar-refractivity contribution in [3.8, 4) is 11.3 Å². The number of rotatable bonds is 9. The molecule has 2 aromatic carbocycles. The minimum Gasteiger partial charge on any atom is -0.345 e. The van der Waals surface area contributed by atoms with Crippen LogP contribution < -0.4 is 9.62 Å². The number of hydrogen-bond donors (Lipinski definition) is 1. The lowest BCUT2D eigenvalue weighted by Crippen LogP contribution is -2.44. The summed E-state index contributed by atoms with van der Waals surface area (Å²) >= 11 is 1.21. The predicted molar refractivity (Wildman–Crippen MR) is 148 cm³/mol. The molecule has 1 aliphatic rings. The number of aromatic nitrogens is 3. The molecule has 1 unspecified atom stereocenters. The molecule has 5 rings (SSSR count). The largest absolute Gasteiger partial charge is 0.345 e. The van der Waals surface area contributed by atoms with Gasteiger partial charge in [0.25, 0.3) is 10.0 Å². The number of nitrogens with one attached hydrogen (secondary N) is 1. The van der Waals surface area contributed by atoms with E-state index in [0.29, 0.717) is 6.54 Å². The number of nitrogens with zero attached hydrogens (tertiary/aromatic N) is 5. The number of imidazole rings is 1. The van der Waals surface area contributed by atoms with Gasteiger partial charge in [-0.15, -0.1) is 0 Å². The fourth-order valence-electron chi connectivity index (χ4n) is 4.46. The van der Waals surface area contributed by atoms with E-state index in [4.69, 9.17) is 0 Å². The van der Waals surface area contributed by atoms with E-state index in [2.05, 4.69) is 36.1 Å². The molecule has 0 spiro atoms. The van der Waals surface area contributed by atoms with E-state index in [1.807, 2.05) is 37.4 Å². The fraction of sp³-hybridized carbons (Fsp3) is 0.333. The average molecular weight is 555 g/mol. The standard InChI is InChI=1S/C27H31FN6O2S2/c1-20(31-38(35,36)26-18-30-27(37-26)33-15-13-32(2)14-16-33)22-5-7-23(8-6-22)25-17-29-19-34(25)12-11-21-3-9-24(28)10-4-21/h3-10,17-20,31H,11-16H2,1-2H3. The van der Waals surface area contributed by atoms with E-state index in [9.17, 15) is 12.8 Å². The van der Waals surface area contributed by atoms with Crippen LogP contribution in [0.2, 0.25) is 0 Å². The van der Waals surface area contributed by atoms with E-state index in [0.717, 1.165) is 60.1 Å². The summed E-state index contributed by atoms with van der Waals surface area (Å²) in [6.45, 7) is 6.09. The Balaban J connectivity index is 1.22. The second kappa shape index (κ2) is 11.3. The molecule has 3 heterocycles. The first-order valence-electron chi connectivity index (χ1n) is 12.5. The van der Waals surface area contributed by atoms with Crippen LogP contribution >= 0.6 is 11.3 Å². The number of aryl methyl sites for hydroxylation is 2. The molecule has 1 atom stereocenters. The van der Waals surface area contributed by atoms with Gasteiger partial charge in [0.05, 0.1) is 24.4 Å². The monoisotopic (exact) mass is 554 g/mol. The first kappa shape index (κ1) is 26.5. The third kappa shape index (κ3) is 6.12. The fourth-order valence-corrected chi connectivity index (χ4v) is 6.88. The van der Waals surface area contributed by atoms with E-state index in [-0.39, 0.29) is 10.0 Å². The van der Waals surface area contributed by atoms with Crippen LogP contribution in [-0.2, 0) is 23.0 Å². The maximum atomic E-state index is 13.2. The van der Waals surface area contributed by atoms with Gasteiger partial charge in [-0.1, -0.05) is 47.7 Å². The van der Waals surface area contributed by atoms with Crippen molar-refractivity contribution in [2.24, 2.45) is 0 Å². The number of anilines is 1. The summed E-state index contributed by atoms with van der Waals surface area (Å²) in [6.07, 6.45) is 5.81. The van der Waals surface area contributed by atoms with Crippen molar-refractivity contribution in [2.75, 3.05) is 38.1 Å². The molecule has 1 aliphatic heterocycles. The molecule has 2 aromatic heterocycles. The number of halogens is 1. The van der Waals surface area contributed by atoms with Crippen molar-refractivity contribution in [1.29, 1.82) is 0 Å². The first-order chi connectivity index (χ1) is 18.3. The second-order valence-electron chi connectivity index (χ2n) is 9.57. The molecule has 0 amide bonds. The van der Waals surface area contributed by atoms with Crippen molar-refractivity contribution >= 4 is 26.5 Å². The van der Waals surface area contributed by atoms with Crippen LogP contribution in [0.25, 0.3) is 11.3 Å². The van der Waals surface area contributed by atoms with Gasteiger partial charge in [0.2, 0.25) is 0 Å². The maximum Gasteiger partial charge on any atom is 0.252 e. The summed E-state index contributed by atoms with van der Waals surface area (Å²) < 4.78 is 44.4. The van der Waals surface area contributed by atoms with Crippen LogP contribution in [0.3, 0.4) is 0 Å². The lowest BCUT2D eigenvalue weighted by molar-refractivity contribution is 0.313. The van der Waals surface area contributed by atoms with Crippen LogP contribution in [0, 0.1) is 5.82 Å². The SMILES string of the molecule is CC(NS(=O)(=O)c1cnc(N2CCN(C)CC2)s1)c1ccc(-c2cncn2CCc2ccc(F)cc2)cc1. The van der Waals surface area contributed by atoms with Crippen molar-refractivity contribution in [3.05, 3.63) is 84.2 Å². The van der Waals surface area contributed by atoms with Gasteiger partial charge < -0.3 is 14.4 Å². The van der Waals surface area contributed by atoms with Crippen molar-refractivity contribution in [1.82, 2.24) is 24.2 Å². The van der Waals surface area contributed by atoms with Crippen LogP contribution in [0.1, 0.15) is 24.1 Å². The highest BCUT2D eigenvalue weighted by molar-refractivity contribution is 7.91. The second-order valence-corrected chi connectivity index (χ2v) is 12.5. The van der Waals surface area contributed by atoms with Crippen LogP contribution in [0.5, 0.6) is 0 Å². The lowest BCUT2D eigenvalue weighted by Gasteiger charge is -2.32. The number of thiazole rings is 1. The van der Waals surface area contributed by atoms with E-state index >= 15 is 0 Å². The van der Waals surface area contributed by atoms with Gasteiger partial charge in [-0.3, -0.25) is 0 Å². The zero-order valence-corrected chi connectivity index (χ0v) is 23.1. The Labute approximate surface area is 226 Å². The maximum absolute atomic E-state index is 13.2. The van der Waals surface area contributed by atoms with E-state index in [1.54, 1.807) is 18.5 Å². The van der Waals surface area contributed by atoms with Gasteiger partial charge in [-0.2, -0.15) is 0 Å². The molecule has 1 fully saturated rings. The minimum atomic E-state index is -3.70. The molecule has 11 heteroatoms. The molecule has 0 bridgehead atoms.